The largest absolute Gasteiger partial charge is 0.480 e. The maximum absolute atomic E-state index is 10.9. The van der Waals surface area contributed by atoms with Crippen molar-refractivity contribution in [1.82, 2.24) is 4.67 Å². The Morgan fingerprint density at radius 1 is 1.67 bits per heavy atom. The zero-order chi connectivity index (χ0) is 9.09. The highest BCUT2D eigenvalue weighted by molar-refractivity contribution is 7.13. The van der Waals surface area contributed by atoms with E-state index in [4.69, 9.17) is 5.11 Å². The number of rotatable bonds is 1. The van der Waals surface area contributed by atoms with Crippen LogP contribution in [0.5, 0.6) is 0 Å². The molecule has 4 atom stereocenters. The molecule has 0 aromatic carbocycles. The molecule has 3 nitrogen and oxygen atoms in total. The van der Waals surface area contributed by atoms with Crippen molar-refractivity contribution in [3.63, 3.8) is 0 Å². The summed E-state index contributed by atoms with van der Waals surface area (Å²) in [4.78, 5) is 10.9. The fraction of sp³-hybridized carbons (Fsp3) is 0.875. The van der Waals surface area contributed by atoms with Gasteiger partial charge in [0.05, 0.1) is 0 Å². The smallest absolute Gasteiger partial charge is 0.321 e. The van der Waals surface area contributed by atoms with Gasteiger partial charge in [0, 0.05) is 6.54 Å². The summed E-state index contributed by atoms with van der Waals surface area (Å²) in [5.41, 5.74) is 0.260. The lowest BCUT2D eigenvalue weighted by molar-refractivity contribution is -0.141. The minimum Gasteiger partial charge on any atom is -0.480 e. The second-order valence-corrected chi connectivity index (χ2v) is 5.10. The summed E-state index contributed by atoms with van der Waals surface area (Å²) in [6, 6.07) is -0.269. The van der Waals surface area contributed by atoms with Gasteiger partial charge in [0.15, 0.2) is 0 Å². The summed E-state index contributed by atoms with van der Waals surface area (Å²) < 4.78 is 1.88. The lowest BCUT2D eigenvalue weighted by Crippen LogP contribution is -2.35. The van der Waals surface area contributed by atoms with Gasteiger partial charge < -0.3 is 5.11 Å². The van der Waals surface area contributed by atoms with Gasteiger partial charge in [-0.25, -0.2) is 0 Å². The predicted molar refractivity (Wildman–Crippen MR) is 48.6 cm³/mol. The summed E-state index contributed by atoms with van der Waals surface area (Å²) in [7, 11) is 2.52. The summed E-state index contributed by atoms with van der Waals surface area (Å²) in [6.07, 6.45) is 0. The SMILES string of the molecule is CC1(C)C2CN(P)C(C(=O)O)C21. The molecule has 2 aliphatic rings. The second kappa shape index (κ2) is 2.21. The number of piperidine rings is 1. The van der Waals surface area contributed by atoms with Crippen LogP contribution in [0.4, 0.5) is 0 Å². The third-order valence-electron chi connectivity index (χ3n) is 3.50. The number of nitrogens with zero attached hydrogens (tertiary/aromatic N) is 1. The first-order chi connectivity index (χ1) is 5.46. The first-order valence-corrected chi connectivity index (χ1v) is 4.72. The summed E-state index contributed by atoms with van der Waals surface area (Å²) in [5.74, 6) is 0.284. The summed E-state index contributed by atoms with van der Waals surface area (Å²) in [6.45, 7) is 5.24. The van der Waals surface area contributed by atoms with E-state index >= 15 is 0 Å². The van der Waals surface area contributed by atoms with E-state index in [-0.39, 0.29) is 11.5 Å². The number of carboxylic acids is 1. The van der Waals surface area contributed by atoms with Crippen LogP contribution in [0.3, 0.4) is 0 Å². The zero-order valence-corrected chi connectivity index (χ0v) is 8.47. The van der Waals surface area contributed by atoms with Gasteiger partial charge in [-0.1, -0.05) is 23.2 Å². The van der Waals surface area contributed by atoms with Crippen molar-refractivity contribution in [2.75, 3.05) is 6.54 Å². The summed E-state index contributed by atoms with van der Waals surface area (Å²) >= 11 is 0. The Labute approximate surface area is 74.4 Å². The average molecular weight is 187 g/mol. The molecule has 1 saturated heterocycles. The van der Waals surface area contributed by atoms with Crippen molar-refractivity contribution in [2.45, 2.75) is 19.9 Å². The van der Waals surface area contributed by atoms with Crippen molar-refractivity contribution in [3.8, 4) is 0 Å². The molecule has 1 saturated carbocycles. The van der Waals surface area contributed by atoms with E-state index in [1.54, 1.807) is 0 Å². The van der Waals surface area contributed by atoms with Gasteiger partial charge in [-0.05, 0) is 17.3 Å². The Hall–Kier alpha value is -0.140. The molecule has 1 aliphatic carbocycles. The van der Waals surface area contributed by atoms with Crippen LogP contribution in [0.15, 0.2) is 0 Å². The minimum atomic E-state index is -0.678. The lowest BCUT2D eigenvalue weighted by Gasteiger charge is -2.22. The molecular weight excluding hydrogens is 173 g/mol. The van der Waals surface area contributed by atoms with Crippen molar-refractivity contribution in [3.05, 3.63) is 0 Å². The highest BCUT2D eigenvalue weighted by atomic mass is 31.0. The monoisotopic (exact) mass is 187 g/mol. The number of hydrogen-bond acceptors (Lipinski definition) is 2. The lowest BCUT2D eigenvalue weighted by atomic mass is 10.0. The van der Waals surface area contributed by atoms with Crippen LogP contribution >= 0.6 is 9.39 Å². The van der Waals surface area contributed by atoms with Crippen LogP contribution in [0, 0.1) is 17.3 Å². The number of carbonyl (C=O) groups is 1. The molecule has 0 radical (unpaired) electrons. The molecule has 12 heavy (non-hydrogen) atoms. The van der Waals surface area contributed by atoms with E-state index in [1.165, 1.54) is 0 Å². The van der Waals surface area contributed by atoms with Crippen molar-refractivity contribution >= 4 is 15.4 Å². The van der Waals surface area contributed by atoms with Gasteiger partial charge in [-0.3, -0.25) is 9.46 Å². The topological polar surface area (TPSA) is 40.5 Å². The summed E-state index contributed by atoms with van der Waals surface area (Å²) in [5, 5.41) is 8.96. The Morgan fingerprint density at radius 3 is 2.58 bits per heavy atom. The van der Waals surface area contributed by atoms with E-state index in [2.05, 4.69) is 23.2 Å². The molecule has 68 valence electrons. The Bertz CT molecular complexity index is 241. The molecule has 2 fully saturated rings. The van der Waals surface area contributed by atoms with Crippen LogP contribution in [-0.4, -0.2) is 28.3 Å². The number of carboxylic acid groups (broad SMARTS) is 1. The third kappa shape index (κ3) is 0.868. The molecule has 1 heterocycles. The molecule has 0 bridgehead atoms. The number of hydrogen-bond donors (Lipinski definition) is 1. The van der Waals surface area contributed by atoms with Gasteiger partial charge in [-0.15, -0.1) is 0 Å². The molecule has 1 aliphatic heterocycles. The maximum atomic E-state index is 10.9. The Kier molecular flexibility index (Phi) is 1.56. The van der Waals surface area contributed by atoms with Gasteiger partial charge >= 0.3 is 5.97 Å². The fourth-order valence-electron chi connectivity index (χ4n) is 2.60. The van der Waals surface area contributed by atoms with E-state index < -0.39 is 5.97 Å². The highest BCUT2D eigenvalue weighted by Crippen LogP contribution is 2.65. The molecule has 1 N–H and O–H groups in total. The Balaban J connectivity index is 2.19. The van der Waals surface area contributed by atoms with E-state index in [1.807, 2.05) is 4.67 Å². The van der Waals surface area contributed by atoms with Gasteiger partial charge in [0.25, 0.3) is 0 Å². The van der Waals surface area contributed by atoms with Crippen LogP contribution in [0.1, 0.15) is 13.8 Å². The maximum Gasteiger partial charge on any atom is 0.321 e. The first kappa shape index (κ1) is 8.46. The minimum absolute atomic E-state index is 0.260. The molecular formula is C8H14NO2P. The van der Waals surface area contributed by atoms with Crippen LogP contribution in [0.2, 0.25) is 0 Å². The highest BCUT2D eigenvalue weighted by Gasteiger charge is 2.67. The second-order valence-electron chi connectivity index (χ2n) is 4.43. The molecule has 0 spiro atoms. The molecule has 0 aromatic heterocycles. The van der Waals surface area contributed by atoms with Crippen molar-refractivity contribution < 1.29 is 9.90 Å². The molecule has 0 amide bonds. The standard InChI is InChI=1S/C8H14NO2P/c1-8(2)4-3-9(12)6(5(4)8)7(10)11/h4-6H,3,12H2,1-2H3,(H,10,11). The third-order valence-corrected chi connectivity index (χ3v) is 4.03. The van der Waals surface area contributed by atoms with E-state index in [0.717, 1.165) is 6.54 Å². The van der Waals surface area contributed by atoms with Crippen LogP contribution in [-0.2, 0) is 4.79 Å². The molecule has 4 unspecified atom stereocenters. The quantitative estimate of drug-likeness (QED) is 0.618. The molecule has 2 rings (SSSR count). The molecule has 4 heteroatoms. The van der Waals surface area contributed by atoms with E-state index in [9.17, 15) is 4.79 Å². The van der Waals surface area contributed by atoms with E-state index in [0.29, 0.717) is 11.8 Å². The average Bonchev–Trinajstić information content (AvgIpc) is 2.40. The van der Waals surface area contributed by atoms with Crippen molar-refractivity contribution in [2.24, 2.45) is 17.3 Å². The fourth-order valence-corrected chi connectivity index (χ4v) is 3.14. The number of fused-ring (bicyclic) bond motifs is 1. The van der Waals surface area contributed by atoms with Gasteiger partial charge in [-0.2, -0.15) is 0 Å². The Morgan fingerprint density at radius 2 is 2.25 bits per heavy atom. The zero-order valence-electron chi connectivity index (χ0n) is 7.32. The normalized spacial score (nSPS) is 44.1. The predicted octanol–water partition coefficient (Wildman–Crippen LogP) is 0.817. The molecule has 0 aromatic rings. The van der Waals surface area contributed by atoms with Gasteiger partial charge in [0.1, 0.15) is 6.04 Å². The first-order valence-electron chi connectivity index (χ1n) is 4.20. The van der Waals surface area contributed by atoms with Gasteiger partial charge in [0.2, 0.25) is 0 Å². The van der Waals surface area contributed by atoms with Crippen LogP contribution in [0.25, 0.3) is 0 Å². The number of aliphatic carboxylic acids is 1. The van der Waals surface area contributed by atoms with Crippen LogP contribution < -0.4 is 0 Å². The van der Waals surface area contributed by atoms with Crippen molar-refractivity contribution in [1.29, 1.82) is 0 Å².